The topological polar surface area (TPSA) is 29.9 Å². The molecule has 3 nitrogen and oxygen atoms in total. The lowest BCUT2D eigenvalue weighted by molar-refractivity contribution is 0.397. The molecule has 15 heavy (non-hydrogen) atoms. The summed E-state index contributed by atoms with van der Waals surface area (Å²) in [5.74, 6) is 1.13. The molecule has 0 saturated heterocycles. The number of rotatable bonds is 1. The summed E-state index contributed by atoms with van der Waals surface area (Å²) < 4.78 is 2.22. The minimum absolute atomic E-state index is 0.410. The fraction of sp³-hybridized carbons (Fsp3) is 0.250. The van der Waals surface area contributed by atoms with Crippen LogP contribution in [-0.2, 0) is 13.1 Å². The Kier molecular flexibility index (Phi) is 2.03. The van der Waals surface area contributed by atoms with Gasteiger partial charge in [-0.15, -0.1) is 0 Å². The Morgan fingerprint density at radius 1 is 1.27 bits per heavy atom. The zero-order valence-corrected chi connectivity index (χ0v) is 8.43. The van der Waals surface area contributed by atoms with Crippen molar-refractivity contribution < 1.29 is 0 Å². The van der Waals surface area contributed by atoms with E-state index in [0.717, 1.165) is 18.9 Å². The molecule has 1 aromatic heterocycles. The maximum atomic E-state index is 4.29. The first-order valence-electron chi connectivity index (χ1n) is 5.22. The molecule has 3 rings (SSSR count). The normalized spacial score (nSPS) is 19.9. The summed E-state index contributed by atoms with van der Waals surface area (Å²) in [4.78, 5) is 4.29. The van der Waals surface area contributed by atoms with Gasteiger partial charge in [0.15, 0.2) is 0 Å². The highest BCUT2D eigenvalue weighted by Gasteiger charge is 2.18. The molecular formula is C12H13N3. The smallest absolute Gasteiger partial charge is 0.122 e. The lowest BCUT2D eigenvalue weighted by Gasteiger charge is -2.25. The minimum atomic E-state index is 0.410. The summed E-state index contributed by atoms with van der Waals surface area (Å²) in [6.07, 6.45) is 3.91. The third-order valence-electron chi connectivity index (χ3n) is 2.89. The number of aromatic nitrogens is 2. The van der Waals surface area contributed by atoms with Gasteiger partial charge in [-0.25, -0.2) is 4.98 Å². The number of imidazole rings is 1. The molecule has 0 fully saturated rings. The molecule has 1 aromatic carbocycles. The Balaban J connectivity index is 1.88. The molecule has 3 heteroatoms. The van der Waals surface area contributed by atoms with E-state index in [1.807, 2.05) is 12.4 Å². The average Bonchev–Trinajstić information content (AvgIpc) is 2.77. The lowest BCUT2D eigenvalue weighted by Crippen LogP contribution is -2.32. The Labute approximate surface area is 88.8 Å². The number of benzene rings is 1. The predicted octanol–water partition coefficient (Wildman–Crippen LogP) is 1.73. The average molecular weight is 199 g/mol. The number of fused-ring (bicyclic) bond motifs is 1. The van der Waals surface area contributed by atoms with Crippen molar-refractivity contribution in [3.8, 4) is 0 Å². The van der Waals surface area contributed by atoms with Gasteiger partial charge in [-0.3, -0.25) is 0 Å². The summed E-state index contributed by atoms with van der Waals surface area (Å²) in [7, 11) is 0. The monoisotopic (exact) mass is 199 g/mol. The highest BCUT2D eigenvalue weighted by Crippen LogP contribution is 2.19. The van der Waals surface area contributed by atoms with Crippen molar-refractivity contribution in [3.05, 3.63) is 54.1 Å². The molecule has 0 amide bonds. The molecule has 1 N–H and O–H groups in total. The van der Waals surface area contributed by atoms with E-state index >= 15 is 0 Å². The van der Waals surface area contributed by atoms with Gasteiger partial charge in [-0.05, 0) is 5.56 Å². The molecule has 0 unspecified atom stereocenters. The third kappa shape index (κ3) is 1.55. The van der Waals surface area contributed by atoms with Crippen molar-refractivity contribution in [3.63, 3.8) is 0 Å². The van der Waals surface area contributed by atoms with Crippen LogP contribution in [0.2, 0.25) is 0 Å². The van der Waals surface area contributed by atoms with E-state index in [-0.39, 0.29) is 0 Å². The van der Waals surface area contributed by atoms with Crippen molar-refractivity contribution in [2.45, 2.75) is 19.1 Å². The first-order valence-corrected chi connectivity index (χ1v) is 5.22. The second kappa shape index (κ2) is 3.51. The van der Waals surface area contributed by atoms with E-state index in [4.69, 9.17) is 0 Å². The van der Waals surface area contributed by atoms with Gasteiger partial charge in [0.25, 0.3) is 0 Å². The van der Waals surface area contributed by atoms with Gasteiger partial charge < -0.3 is 9.88 Å². The van der Waals surface area contributed by atoms with Crippen LogP contribution in [0.15, 0.2) is 42.7 Å². The molecule has 0 bridgehead atoms. The summed E-state index contributed by atoms with van der Waals surface area (Å²) in [5.41, 5.74) is 1.34. The second-order valence-corrected chi connectivity index (χ2v) is 3.84. The van der Waals surface area contributed by atoms with Crippen molar-refractivity contribution in [1.82, 2.24) is 14.9 Å². The van der Waals surface area contributed by atoms with Crippen molar-refractivity contribution in [2.24, 2.45) is 0 Å². The van der Waals surface area contributed by atoms with Crippen LogP contribution in [-0.4, -0.2) is 9.55 Å². The predicted molar refractivity (Wildman–Crippen MR) is 58.2 cm³/mol. The summed E-state index contributed by atoms with van der Waals surface area (Å²) in [6.45, 7) is 1.83. The van der Waals surface area contributed by atoms with Crippen molar-refractivity contribution in [1.29, 1.82) is 0 Å². The Bertz CT molecular complexity index is 447. The van der Waals surface area contributed by atoms with E-state index in [2.05, 4.69) is 45.2 Å². The molecule has 2 heterocycles. The summed E-state index contributed by atoms with van der Waals surface area (Å²) in [5, 5.41) is 3.49. The van der Waals surface area contributed by atoms with Crippen LogP contribution in [0.3, 0.4) is 0 Å². The Hall–Kier alpha value is -1.61. The fourth-order valence-electron chi connectivity index (χ4n) is 2.06. The molecular weight excluding hydrogens is 186 g/mol. The largest absolute Gasteiger partial charge is 0.332 e. The zero-order valence-electron chi connectivity index (χ0n) is 8.43. The maximum absolute atomic E-state index is 4.29. The molecule has 0 spiro atoms. The van der Waals surface area contributed by atoms with E-state index in [0.29, 0.717) is 6.04 Å². The molecule has 0 radical (unpaired) electrons. The van der Waals surface area contributed by atoms with Crippen LogP contribution in [0.4, 0.5) is 0 Å². The molecule has 1 aliphatic rings. The number of hydrogen-bond acceptors (Lipinski definition) is 2. The van der Waals surface area contributed by atoms with E-state index < -0.39 is 0 Å². The quantitative estimate of drug-likeness (QED) is 0.758. The zero-order chi connectivity index (χ0) is 10.1. The molecule has 0 saturated carbocycles. The highest BCUT2D eigenvalue weighted by atomic mass is 15.2. The van der Waals surface area contributed by atoms with Crippen LogP contribution >= 0.6 is 0 Å². The van der Waals surface area contributed by atoms with Crippen molar-refractivity contribution >= 4 is 0 Å². The van der Waals surface area contributed by atoms with Gasteiger partial charge in [0.05, 0.1) is 12.6 Å². The first kappa shape index (κ1) is 8.68. The summed E-state index contributed by atoms with van der Waals surface area (Å²) in [6, 6.07) is 11.0. The standard InChI is InChI=1S/C12H13N3/c1-2-4-10(5-3-1)11-9-15-7-6-13-12(15)8-14-11/h1-7,11,14H,8-9H2/t11-/m1/s1. The van der Waals surface area contributed by atoms with Crippen LogP contribution in [0.5, 0.6) is 0 Å². The fourth-order valence-corrected chi connectivity index (χ4v) is 2.06. The molecule has 0 aliphatic carbocycles. The van der Waals surface area contributed by atoms with Crippen LogP contribution in [0.25, 0.3) is 0 Å². The number of hydrogen-bond donors (Lipinski definition) is 1. The van der Waals surface area contributed by atoms with Gasteiger partial charge in [0.1, 0.15) is 5.82 Å². The number of nitrogens with zero attached hydrogens (tertiary/aromatic N) is 2. The molecule has 1 atom stereocenters. The molecule has 76 valence electrons. The van der Waals surface area contributed by atoms with Crippen LogP contribution < -0.4 is 5.32 Å². The SMILES string of the molecule is c1ccc([C@H]2Cn3ccnc3CN2)cc1. The second-order valence-electron chi connectivity index (χ2n) is 3.84. The lowest BCUT2D eigenvalue weighted by atomic mass is 10.1. The maximum Gasteiger partial charge on any atom is 0.122 e. The van der Waals surface area contributed by atoms with E-state index in [9.17, 15) is 0 Å². The van der Waals surface area contributed by atoms with Gasteiger partial charge in [-0.1, -0.05) is 30.3 Å². The minimum Gasteiger partial charge on any atom is -0.332 e. The van der Waals surface area contributed by atoms with Crippen LogP contribution in [0, 0.1) is 0 Å². The highest BCUT2D eigenvalue weighted by molar-refractivity contribution is 5.20. The van der Waals surface area contributed by atoms with E-state index in [1.54, 1.807) is 0 Å². The Morgan fingerprint density at radius 3 is 3.00 bits per heavy atom. The third-order valence-corrected chi connectivity index (χ3v) is 2.89. The van der Waals surface area contributed by atoms with Crippen molar-refractivity contribution in [2.75, 3.05) is 0 Å². The molecule has 2 aromatic rings. The van der Waals surface area contributed by atoms with Gasteiger partial charge in [0.2, 0.25) is 0 Å². The molecule has 1 aliphatic heterocycles. The van der Waals surface area contributed by atoms with Gasteiger partial charge in [-0.2, -0.15) is 0 Å². The first-order chi connectivity index (χ1) is 7.43. The number of nitrogens with one attached hydrogen (secondary N) is 1. The van der Waals surface area contributed by atoms with E-state index in [1.165, 1.54) is 5.56 Å². The van der Waals surface area contributed by atoms with Gasteiger partial charge in [0, 0.05) is 18.9 Å². The van der Waals surface area contributed by atoms with Crippen LogP contribution in [0.1, 0.15) is 17.4 Å². The summed E-state index contributed by atoms with van der Waals surface area (Å²) >= 11 is 0. The van der Waals surface area contributed by atoms with Gasteiger partial charge >= 0.3 is 0 Å². The Morgan fingerprint density at radius 2 is 2.13 bits per heavy atom.